The van der Waals surface area contributed by atoms with Gasteiger partial charge in [0.25, 0.3) is 5.91 Å². The van der Waals surface area contributed by atoms with Crippen LogP contribution in [0.3, 0.4) is 0 Å². The molecule has 2 aromatic rings. The normalized spacial score (nSPS) is 10.6. The van der Waals surface area contributed by atoms with E-state index in [0.29, 0.717) is 34.5 Å². The van der Waals surface area contributed by atoms with Crippen molar-refractivity contribution in [1.29, 1.82) is 0 Å². The first-order valence-corrected chi connectivity index (χ1v) is 9.97. The predicted molar refractivity (Wildman–Crippen MR) is 110 cm³/mol. The van der Waals surface area contributed by atoms with Crippen molar-refractivity contribution in [3.63, 3.8) is 0 Å². The number of benzene rings is 2. The highest BCUT2D eigenvalue weighted by atomic mass is 35.5. The van der Waals surface area contributed by atoms with Gasteiger partial charge in [0.1, 0.15) is 0 Å². The Morgan fingerprint density at radius 3 is 2.54 bits per heavy atom. The number of nitrogens with one attached hydrogen (secondary N) is 2. The number of anilines is 1. The van der Waals surface area contributed by atoms with Gasteiger partial charge in [-0.3, -0.25) is 9.59 Å². The Morgan fingerprint density at radius 1 is 1.12 bits per heavy atom. The predicted octanol–water partition coefficient (Wildman–Crippen LogP) is 4.60. The Bertz CT molecular complexity index is 748. The van der Waals surface area contributed by atoms with Gasteiger partial charge in [-0.1, -0.05) is 43.6 Å². The highest BCUT2D eigenvalue weighted by Crippen LogP contribution is 2.16. The molecular formula is C20H23ClN2O2S. The molecule has 0 aliphatic rings. The molecule has 4 nitrogen and oxygen atoms in total. The summed E-state index contributed by atoms with van der Waals surface area (Å²) in [6.45, 7) is 4.70. The molecule has 26 heavy (non-hydrogen) atoms. The number of halogens is 1. The summed E-state index contributed by atoms with van der Waals surface area (Å²) in [7, 11) is 0. The van der Waals surface area contributed by atoms with Gasteiger partial charge >= 0.3 is 0 Å². The van der Waals surface area contributed by atoms with Crippen molar-refractivity contribution in [2.45, 2.75) is 19.6 Å². The number of carbonyl (C=O) groups excluding carboxylic acids is 2. The van der Waals surface area contributed by atoms with Gasteiger partial charge in [-0.15, -0.1) is 11.8 Å². The van der Waals surface area contributed by atoms with Crippen LogP contribution < -0.4 is 10.6 Å². The largest absolute Gasteiger partial charge is 0.352 e. The van der Waals surface area contributed by atoms with Crippen molar-refractivity contribution < 1.29 is 9.59 Å². The van der Waals surface area contributed by atoms with Crippen LogP contribution in [-0.4, -0.2) is 24.1 Å². The zero-order chi connectivity index (χ0) is 18.9. The fourth-order valence-electron chi connectivity index (χ4n) is 2.18. The molecule has 0 saturated heterocycles. The number of thioether (sulfide) groups is 1. The van der Waals surface area contributed by atoms with Gasteiger partial charge in [0.2, 0.25) is 5.91 Å². The fourth-order valence-corrected chi connectivity index (χ4v) is 3.09. The number of carbonyl (C=O) groups is 2. The number of hydrogen-bond donors (Lipinski definition) is 2. The Labute approximate surface area is 163 Å². The molecule has 0 unspecified atom stereocenters. The summed E-state index contributed by atoms with van der Waals surface area (Å²) in [4.78, 5) is 24.2. The van der Waals surface area contributed by atoms with Crippen LogP contribution in [0.5, 0.6) is 0 Å². The maximum atomic E-state index is 12.1. The van der Waals surface area contributed by atoms with Crippen LogP contribution in [0.15, 0.2) is 48.5 Å². The van der Waals surface area contributed by atoms with Crippen LogP contribution in [-0.2, 0) is 10.5 Å². The maximum Gasteiger partial charge on any atom is 0.251 e. The van der Waals surface area contributed by atoms with Gasteiger partial charge in [0.15, 0.2) is 0 Å². The van der Waals surface area contributed by atoms with Gasteiger partial charge in [-0.2, -0.15) is 0 Å². The van der Waals surface area contributed by atoms with E-state index in [0.717, 1.165) is 11.3 Å². The third kappa shape index (κ3) is 7.10. The van der Waals surface area contributed by atoms with Crippen LogP contribution in [0.25, 0.3) is 0 Å². The van der Waals surface area contributed by atoms with Gasteiger partial charge in [-0.25, -0.2) is 0 Å². The first kappa shape index (κ1) is 20.3. The van der Waals surface area contributed by atoms with E-state index in [4.69, 9.17) is 11.6 Å². The van der Waals surface area contributed by atoms with Crippen LogP contribution in [0.2, 0.25) is 5.02 Å². The monoisotopic (exact) mass is 390 g/mol. The van der Waals surface area contributed by atoms with Crippen LogP contribution in [0.4, 0.5) is 5.69 Å². The topological polar surface area (TPSA) is 58.2 Å². The van der Waals surface area contributed by atoms with Gasteiger partial charge in [-0.05, 0) is 41.8 Å². The molecule has 0 aliphatic heterocycles. The summed E-state index contributed by atoms with van der Waals surface area (Å²) in [5, 5.41) is 6.41. The lowest BCUT2D eigenvalue weighted by molar-refractivity contribution is -0.113. The average Bonchev–Trinajstić information content (AvgIpc) is 2.61. The number of rotatable bonds is 8. The third-order valence-electron chi connectivity index (χ3n) is 3.49. The van der Waals surface area contributed by atoms with Crippen molar-refractivity contribution in [2.75, 3.05) is 17.6 Å². The lowest BCUT2D eigenvalue weighted by atomic mass is 10.1. The molecule has 0 atom stereocenters. The zero-order valence-electron chi connectivity index (χ0n) is 14.9. The first-order valence-electron chi connectivity index (χ1n) is 8.44. The van der Waals surface area contributed by atoms with E-state index in [-0.39, 0.29) is 11.8 Å². The quantitative estimate of drug-likeness (QED) is 0.692. The van der Waals surface area contributed by atoms with Crippen LogP contribution >= 0.6 is 23.4 Å². The van der Waals surface area contributed by atoms with Crippen molar-refractivity contribution in [3.05, 3.63) is 64.7 Å². The smallest absolute Gasteiger partial charge is 0.251 e. The summed E-state index contributed by atoms with van der Waals surface area (Å²) in [5.41, 5.74) is 2.28. The molecule has 138 valence electrons. The fraction of sp³-hybridized carbons (Fsp3) is 0.300. The molecule has 0 aromatic heterocycles. The van der Waals surface area contributed by atoms with Gasteiger partial charge in [0, 0.05) is 28.6 Å². The molecule has 0 fully saturated rings. The van der Waals surface area contributed by atoms with Crippen molar-refractivity contribution in [3.8, 4) is 0 Å². The van der Waals surface area contributed by atoms with E-state index in [2.05, 4.69) is 10.6 Å². The average molecular weight is 391 g/mol. The molecule has 0 spiro atoms. The van der Waals surface area contributed by atoms with E-state index in [1.165, 1.54) is 11.8 Å². The molecule has 2 amide bonds. The molecule has 2 N–H and O–H groups in total. The first-order chi connectivity index (χ1) is 12.4. The minimum absolute atomic E-state index is 0.0938. The Morgan fingerprint density at radius 2 is 1.85 bits per heavy atom. The third-order valence-corrected chi connectivity index (χ3v) is 4.75. The lowest BCUT2D eigenvalue weighted by Gasteiger charge is -2.10. The second-order valence-electron chi connectivity index (χ2n) is 6.35. The van der Waals surface area contributed by atoms with E-state index >= 15 is 0 Å². The molecule has 0 saturated carbocycles. The SMILES string of the molecule is CC(C)CNC(=O)c1cccc(NC(=O)CSCc2ccc(Cl)cc2)c1. The molecule has 0 bridgehead atoms. The highest BCUT2D eigenvalue weighted by Gasteiger charge is 2.08. The van der Waals surface area contributed by atoms with E-state index < -0.39 is 0 Å². The second-order valence-corrected chi connectivity index (χ2v) is 7.77. The summed E-state index contributed by atoms with van der Waals surface area (Å²) in [6.07, 6.45) is 0. The number of hydrogen-bond acceptors (Lipinski definition) is 3. The molecule has 0 aliphatic carbocycles. The van der Waals surface area contributed by atoms with Crippen molar-refractivity contribution >= 4 is 40.9 Å². The van der Waals surface area contributed by atoms with Gasteiger partial charge < -0.3 is 10.6 Å². The zero-order valence-corrected chi connectivity index (χ0v) is 16.5. The van der Waals surface area contributed by atoms with Crippen LogP contribution in [0, 0.1) is 5.92 Å². The molecule has 2 rings (SSSR count). The second kappa shape index (κ2) is 10.2. The Balaban J connectivity index is 1.81. The van der Waals surface area contributed by atoms with E-state index in [9.17, 15) is 9.59 Å². The Hall–Kier alpha value is -1.98. The summed E-state index contributed by atoms with van der Waals surface area (Å²) < 4.78 is 0. The van der Waals surface area contributed by atoms with Crippen molar-refractivity contribution in [1.82, 2.24) is 5.32 Å². The summed E-state index contributed by atoms with van der Waals surface area (Å²) in [6, 6.07) is 14.6. The minimum atomic E-state index is -0.132. The molecular weight excluding hydrogens is 368 g/mol. The summed E-state index contributed by atoms with van der Waals surface area (Å²) in [5.74, 6) is 1.24. The molecule has 0 radical (unpaired) electrons. The maximum absolute atomic E-state index is 12.1. The van der Waals surface area contributed by atoms with Crippen molar-refractivity contribution in [2.24, 2.45) is 5.92 Å². The van der Waals surface area contributed by atoms with Crippen LogP contribution in [0.1, 0.15) is 29.8 Å². The molecule has 0 heterocycles. The standard InChI is InChI=1S/C20H23ClN2O2S/c1-14(2)11-22-20(25)16-4-3-5-18(10-16)23-19(24)13-26-12-15-6-8-17(21)9-7-15/h3-10,14H,11-13H2,1-2H3,(H,22,25)(H,23,24). The molecule has 6 heteroatoms. The lowest BCUT2D eigenvalue weighted by Crippen LogP contribution is -2.27. The minimum Gasteiger partial charge on any atom is -0.352 e. The summed E-state index contributed by atoms with van der Waals surface area (Å²) >= 11 is 7.38. The van der Waals surface area contributed by atoms with Gasteiger partial charge in [0.05, 0.1) is 5.75 Å². The highest BCUT2D eigenvalue weighted by molar-refractivity contribution is 7.99. The van der Waals surface area contributed by atoms with E-state index in [1.807, 2.05) is 38.1 Å². The number of amides is 2. The molecule has 2 aromatic carbocycles. The Kier molecular flexibility index (Phi) is 8.01. The van der Waals surface area contributed by atoms with E-state index in [1.54, 1.807) is 24.3 Å².